The number of hydrogen-bond acceptors (Lipinski definition) is 2. The number of guanidine groups is 1. The fraction of sp³-hybridized carbons (Fsp3) is 0.938. The maximum absolute atomic E-state index is 5.55. The topological polar surface area (TPSA) is 45.6 Å². The van der Waals surface area contributed by atoms with Crippen molar-refractivity contribution in [3.05, 3.63) is 0 Å². The van der Waals surface area contributed by atoms with Gasteiger partial charge in [0.05, 0.1) is 0 Å². The van der Waals surface area contributed by atoms with Crippen LogP contribution in [0.3, 0.4) is 0 Å². The van der Waals surface area contributed by atoms with Crippen molar-refractivity contribution >= 4 is 29.9 Å². The molecule has 2 N–H and O–H groups in total. The second-order valence-electron chi connectivity index (χ2n) is 5.92. The first-order valence-electron chi connectivity index (χ1n) is 8.31. The van der Waals surface area contributed by atoms with Gasteiger partial charge in [0.25, 0.3) is 0 Å². The Bertz CT molecular complexity index is 266. The molecule has 1 rings (SSSR count). The summed E-state index contributed by atoms with van der Waals surface area (Å²) in [4.78, 5) is 4.30. The van der Waals surface area contributed by atoms with Crippen LogP contribution >= 0.6 is 24.0 Å². The molecule has 1 fully saturated rings. The maximum atomic E-state index is 5.55. The van der Waals surface area contributed by atoms with Crippen LogP contribution in [0, 0.1) is 5.92 Å². The predicted octanol–water partition coefficient (Wildman–Crippen LogP) is 3.55. The third-order valence-corrected chi connectivity index (χ3v) is 3.98. The van der Waals surface area contributed by atoms with Crippen molar-refractivity contribution in [3.8, 4) is 0 Å². The van der Waals surface area contributed by atoms with E-state index in [-0.39, 0.29) is 24.0 Å². The first-order valence-corrected chi connectivity index (χ1v) is 8.31. The van der Waals surface area contributed by atoms with E-state index >= 15 is 0 Å². The van der Waals surface area contributed by atoms with Gasteiger partial charge in [-0.15, -0.1) is 24.0 Å². The number of rotatable bonds is 8. The molecule has 1 aliphatic rings. The molecule has 21 heavy (non-hydrogen) atoms. The lowest BCUT2D eigenvalue weighted by Gasteiger charge is -2.28. The van der Waals surface area contributed by atoms with Crippen LogP contribution in [0.2, 0.25) is 0 Å². The van der Waals surface area contributed by atoms with Gasteiger partial charge in [-0.1, -0.05) is 20.3 Å². The molecular weight excluding hydrogens is 377 g/mol. The smallest absolute Gasteiger partial charge is 0.191 e. The van der Waals surface area contributed by atoms with Gasteiger partial charge in [0.1, 0.15) is 0 Å². The molecule has 126 valence electrons. The highest BCUT2D eigenvalue weighted by molar-refractivity contribution is 14.0. The standard InChI is InChI=1S/C16H33N3O.HI/c1-4-5-12-20-13-6-11-18-16(17-3)19-15-9-7-14(2)8-10-15;/h14-15H,4-13H2,1-3H3,(H2,17,18,19);1H. The molecule has 1 saturated carbocycles. The molecule has 0 aromatic rings. The molecule has 0 aromatic heterocycles. The van der Waals surface area contributed by atoms with Gasteiger partial charge in [0, 0.05) is 32.8 Å². The van der Waals surface area contributed by atoms with Crippen LogP contribution in [0.15, 0.2) is 4.99 Å². The summed E-state index contributed by atoms with van der Waals surface area (Å²) in [6.45, 7) is 7.19. The van der Waals surface area contributed by atoms with Gasteiger partial charge in [-0.05, 0) is 44.4 Å². The van der Waals surface area contributed by atoms with Gasteiger partial charge in [-0.2, -0.15) is 0 Å². The molecule has 0 atom stereocenters. The van der Waals surface area contributed by atoms with Crippen LogP contribution in [0.4, 0.5) is 0 Å². The third-order valence-electron chi connectivity index (χ3n) is 3.98. The Hall–Kier alpha value is -0.0400. The highest BCUT2D eigenvalue weighted by Crippen LogP contribution is 2.23. The van der Waals surface area contributed by atoms with E-state index in [0.29, 0.717) is 6.04 Å². The molecule has 0 spiro atoms. The number of halogens is 1. The summed E-state index contributed by atoms with van der Waals surface area (Å²) in [5.74, 6) is 1.83. The molecule has 0 amide bonds. The fourth-order valence-corrected chi connectivity index (χ4v) is 2.52. The number of nitrogens with zero attached hydrogens (tertiary/aromatic N) is 1. The SMILES string of the molecule is CCCCOCCCNC(=NC)NC1CCC(C)CC1.I. The Kier molecular flexibility index (Phi) is 13.6. The summed E-state index contributed by atoms with van der Waals surface area (Å²) < 4.78 is 5.55. The van der Waals surface area contributed by atoms with E-state index in [1.54, 1.807) is 0 Å². The minimum absolute atomic E-state index is 0. The second kappa shape index (κ2) is 13.6. The van der Waals surface area contributed by atoms with Gasteiger partial charge < -0.3 is 15.4 Å². The summed E-state index contributed by atoms with van der Waals surface area (Å²) in [6, 6.07) is 0.596. The third kappa shape index (κ3) is 10.3. The van der Waals surface area contributed by atoms with Gasteiger partial charge in [-0.25, -0.2) is 0 Å². The predicted molar refractivity (Wildman–Crippen MR) is 102 cm³/mol. The maximum Gasteiger partial charge on any atom is 0.191 e. The zero-order valence-electron chi connectivity index (χ0n) is 14.0. The van der Waals surface area contributed by atoms with Gasteiger partial charge >= 0.3 is 0 Å². The van der Waals surface area contributed by atoms with Crippen molar-refractivity contribution < 1.29 is 4.74 Å². The van der Waals surface area contributed by atoms with Crippen molar-refractivity contribution in [1.82, 2.24) is 10.6 Å². The average Bonchev–Trinajstić information content (AvgIpc) is 2.47. The van der Waals surface area contributed by atoms with E-state index < -0.39 is 0 Å². The van der Waals surface area contributed by atoms with Crippen LogP contribution in [0.5, 0.6) is 0 Å². The molecule has 0 heterocycles. The van der Waals surface area contributed by atoms with E-state index in [9.17, 15) is 0 Å². The summed E-state index contributed by atoms with van der Waals surface area (Å²) in [5, 5.41) is 6.91. The molecule has 4 nitrogen and oxygen atoms in total. The quantitative estimate of drug-likeness (QED) is 0.278. The summed E-state index contributed by atoms with van der Waals surface area (Å²) >= 11 is 0. The Balaban J connectivity index is 0.00000400. The van der Waals surface area contributed by atoms with Crippen molar-refractivity contribution in [2.45, 2.75) is 64.8 Å². The zero-order valence-corrected chi connectivity index (χ0v) is 16.3. The lowest BCUT2D eigenvalue weighted by atomic mass is 9.87. The second-order valence-corrected chi connectivity index (χ2v) is 5.92. The van der Waals surface area contributed by atoms with E-state index in [4.69, 9.17) is 4.74 Å². The first kappa shape index (κ1) is 21.0. The molecule has 0 bridgehead atoms. The highest BCUT2D eigenvalue weighted by atomic mass is 127. The molecule has 0 aromatic carbocycles. The Morgan fingerprint density at radius 3 is 2.43 bits per heavy atom. The van der Waals surface area contributed by atoms with Gasteiger partial charge in [0.15, 0.2) is 5.96 Å². The minimum Gasteiger partial charge on any atom is -0.381 e. The van der Waals surface area contributed by atoms with Crippen LogP contribution in [0.1, 0.15) is 58.8 Å². The first-order chi connectivity index (χ1) is 9.76. The van der Waals surface area contributed by atoms with Crippen molar-refractivity contribution in [2.24, 2.45) is 10.9 Å². The lowest BCUT2D eigenvalue weighted by Crippen LogP contribution is -2.45. The highest BCUT2D eigenvalue weighted by Gasteiger charge is 2.18. The van der Waals surface area contributed by atoms with Crippen LogP contribution in [-0.4, -0.2) is 38.8 Å². The fourth-order valence-electron chi connectivity index (χ4n) is 2.52. The largest absolute Gasteiger partial charge is 0.381 e. The van der Waals surface area contributed by atoms with Crippen molar-refractivity contribution in [2.75, 3.05) is 26.8 Å². The number of nitrogens with one attached hydrogen (secondary N) is 2. The number of hydrogen-bond donors (Lipinski definition) is 2. The Labute approximate surface area is 147 Å². The van der Waals surface area contributed by atoms with Crippen molar-refractivity contribution in [1.29, 1.82) is 0 Å². The van der Waals surface area contributed by atoms with Crippen LogP contribution in [-0.2, 0) is 4.74 Å². The number of ether oxygens (including phenoxy) is 1. The Morgan fingerprint density at radius 2 is 1.81 bits per heavy atom. The number of unbranched alkanes of at least 4 members (excludes halogenated alkanes) is 1. The monoisotopic (exact) mass is 411 g/mol. The normalized spacial score (nSPS) is 22.5. The summed E-state index contributed by atoms with van der Waals surface area (Å²) in [5.41, 5.74) is 0. The van der Waals surface area contributed by atoms with Gasteiger partial charge in [-0.3, -0.25) is 4.99 Å². The molecule has 5 heteroatoms. The zero-order chi connectivity index (χ0) is 14.6. The van der Waals surface area contributed by atoms with Crippen molar-refractivity contribution in [3.63, 3.8) is 0 Å². The molecule has 0 aliphatic heterocycles. The molecular formula is C16H34IN3O. The van der Waals surface area contributed by atoms with E-state index in [0.717, 1.165) is 44.5 Å². The van der Waals surface area contributed by atoms with E-state index in [1.807, 2.05) is 7.05 Å². The van der Waals surface area contributed by atoms with Crippen LogP contribution < -0.4 is 10.6 Å². The molecule has 0 radical (unpaired) electrons. The Morgan fingerprint density at radius 1 is 1.14 bits per heavy atom. The van der Waals surface area contributed by atoms with Gasteiger partial charge in [0.2, 0.25) is 0 Å². The molecule has 0 unspecified atom stereocenters. The van der Waals surface area contributed by atoms with E-state index in [2.05, 4.69) is 29.5 Å². The number of aliphatic imine (C=N–C) groups is 1. The lowest BCUT2D eigenvalue weighted by molar-refractivity contribution is 0.129. The van der Waals surface area contributed by atoms with Crippen LogP contribution in [0.25, 0.3) is 0 Å². The van der Waals surface area contributed by atoms with E-state index in [1.165, 1.54) is 32.1 Å². The molecule has 1 aliphatic carbocycles. The average molecular weight is 411 g/mol. The summed E-state index contributed by atoms with van der Waals surface area (Å²) in [6.07, 6.45) is 8.60. The molecule has 0 saturated heterocycles. The summed E-state index contributed by atoms with van der Waals surface area (Å²) in [7, 11) is 1.85. The minimum atomic E-state index is 0.